The minimum absolute atomic E-state index is 0.182. The van der Waals surface area contributed by atoms with E-state index >= 15 is 0 Å². The van der Waals surface area contributed by atoms with Gasteiger partial charge in [0, 0.05) is 12.3 Å². The predicted octanol–water partition coefficient (Wildman–Crippen LogP) is 0.816. The standard InChI is InChI=1S/C10H11F2N3O5/c1-20-9(17)6-2-7(15(18)19)8(13-3-6)14-4-10(11,12)5-16/h2-3,16H,4-5H2,1H3,(H,13,14). The maximum Gasteiger partial charge on any atom is 0.339 e. The molecular formula is C10H11F2N3O5. The maximum absolute atomic E-state index is 12.8. The smallest absolute Gasteiger partial charge is 0.339 e. The van der Waals surface area contributed by atoms with Crippen LogP contribution >= 0.6 is 0 Å². The van der Waals surface area contributed by atoms with E-state index in [1.807, 2.05) is 0 Å². The lowest BCUT2D eigenvalue weighted by Gasteiger charge is -2.14. The van der Waals surface area contributed by atoms with E-state index in [0.29, 0.717) is 0 Å². The molecule has 0 saturated carbocycles. The molecule has 1 aromatic rings. The molecule has 0 atom stereocenters. The zero-order chi connectivity index (χ0) is 15.3. The molecule has 20 heavy (non-hydrogen) atoms. The van der Waals surface area contributed by atoms with E-state index in [-0.39, 0.29) is 5.56 Å². The summed E-state index contributed by atoms with van der Waals surface area (Å²) in [6, 6.07) is 0.859. The van der Waals surface area contributed by atoms with Gasteiger partial charge in [0.1, 0.15) is 6.61 Å². The summed E-state index contributed by atoms with van der Waals surface area (Å²) in [6.45, 7) is -2.44. The first kappa shape index (κ1) is 15.7. The van der Waals surface area contributed by atoms with Crippen molar-refractivity contribution in [2.24, 2.45) is 0 Å². The second kappa shape index (κ2) is 6.19. The summed E-state index contributed by atoms with van der Waals surface area (Å²) < 4.78 is 30.1. The molecule has 0 aliphatic heterocycles. The zero-order valence-corrected chi connectivity index (χ0v) is 10.3. The third-order valence-corrected chi connectivity index (χ3v) is 2.23. The molecule has 0 fully saturated rings. The van der Waals surface area contributed by atoms with Gasteiger partial charge in [-0.15, -0.1) is 0 Å². The topological polar surface area (TPSA) is 115 Å². The number of ether oxygens (including phenoxy) is 1. The number of anilines is 1. The van der Waals surface area contributed by atoms with E-state index in [1.165, 1.54) is 0 Å². The normalized spacial score (nSPS) is 11.0. The van der Waals surface area contributed by atoms with Gasteiger partial charge < -0.3 is 15.2 Å². The molecule has 0 bridgehead atoms. The number of halogens is 2. The van der Waals surface area contributed by atoms with Crippen molar-refractivity contribution in [2.75, 3.05) is 25.6 Å². The fourth-order valence-corrected chi connectivity index (χ4v) is 1.23. The first-order valence-corrected chi connectivity index (χ1v) is 5.26. The zero-order valence-electron chi connectivity index (χ0n) is 10.3. The highest BCUT2D eigenvalue weighted by molar-refractivity contribution is 5.90. The lowest BCUT2D eigenvalue weighted by atomic mass is 10.2. The van der Waals surface area contributed by atoms with E-state index < -0.39 is 41.5 Å². The van der Waals surface area contributed by atoms with Crippen molar-refractivity contribution in [1.82, 2.24) is 4.98 Å². The third-order valence-electron chi connectivity index (χ3n) is 2.23. The molecule has 1 rings (SSSR count). The van der Waals surface area contributed by atoms with Gasteiger partial charge in [0.05, 0.1) is 24.1 Å². The molecule has 0 amide bonds. The average Bonchev–Trinajstić information content (AvgIpc) is 2.44. The highest BCUT2D eigenvalue weighted by atomic mass is 19.3. The fraction of sp³-hybridized carbons (Fsp3) is 0.400. The lowest BCUT2D eigenvalue weighted by molar-refractivity contribution is -0.384. The number of aliphatic hydroxyl groups excluding tert-OH is 1. The van der Waals surface area contributed by atoms with Crippen molar-refractivity contribution >= 4 is 17.5 Å². The average molecular weight is 291 g/mol. The summed E-state index contributed by atoms with van der Waals surface area (Å²) in [4.78, 5) is 24.7. The van der Waals surface area contributed by atoms with Gasteiger partial charge in [-0.25, -0.2) is 18.6 Å². The SMILES string of the molecule is COC(=O)c1cnc(NCC(F)(F)CO)c([N+](=O)[O-])c1. The summed E-state index contributed by atoms with van der Waals surface area (Å²) in [6.07, 6.45) is 0.957. The van der Waals surface area contributed by atoms with E-state index in [1.54, 1.807) is 0 Å². The molecule has 110 valence electrons. The van der Waals surface area contributed by atoms with Crippen molar-refractivity contribution in [3.63, 3.8) is 0 Å². The lowest BCUT2D eigenvalue weighted by Crippen LogP contribution is -2.31. The Morgan fingerprint density at radius 2 is 2.30 bits per heavy atom. The second-order valence-corrected chi connectivity index (χ2v) is 3.71. The van der Waals surface area contributed by atoms with Gasteiger partial charge >= 0.3 is 11.7 Å². The Morgan fingerprint density at radius 1 is 1.65 bits per heavy atom. The Balaban J connectivity index is 3.02. The maximum atomic E-state index is 12.8. The fourth-order valence-electron chi connectivity index (χ4n) is 1.23. The first-order valence-electron chi connectivity index (χ1n) is 5.26. The summed E-state index contributed by atoms with van der Waals surface area (Å²) in [5.74, 6) is -4.72. The van der Waals surface area contributed by atoms with Crippen LogP contribution in [-0.2, 0) is 4.74 Å². The molecule has 0 aromatic carbocycles. The Hall–Kier alpha value is -2.36. The molecule has 1 heterocycles. The monoisotopic (exact) mass is 291 g/mol. The number of carbonyl (C=O) groups is 1. The molecule has 0 aliphatic rings. The van der Waals surface area contributed by atoms with Gasteiger partial charge in [-0.2, -0.15) is 0 Å². The summed E-state index contributed by atoms with van der Waals surface area (Å²) >= 11 is 0. The van der Waals surface area contributed by atoms with Crippen LogP contribution in [0.4, 0.5) is 20.3 Å². The van der Waals surface area contributed by atoms with Crippen molar-refractivity contribution in [1.29, 1.82) is 0 Å². The van der Waals surface area contributed by atoms with Gasteiger partial charge in [-0.1, -0.05) is 0 Å². The number of hydrogen-bond acceptors (Lipinski definition) is 7. The number of rotatable bonds is 6. The van der Waals surface area contributed by atoms with Crippen molar-refractivity contribution in [3.8, 4) is 0 Å². The Kier molecular flexibility index (Phi) is 4.86. The minimum atomic E-state index is -3.45. The van der Waals surface area contributed by atoms with Gasteiger partial charge in [-0.05, 0) is 0 Å². The van der Waals surface area contributed by atoms with Gasteiger partial charge in [-0.3, -0.25) is 10.1 Å². The number of nitro groups is 1. The van der Waals surface area contributed by atoms with Crippen molar-refractivity contribution < 1.29 is 28.3 Å². The predicted molar refractivity (Wildman–Crippen MR) is 62.8 cm³/mol. The van der Waals surface area contributed by atoms with Crippen LogP contribution in [0.1, 0.15) is 10.4 Å². The Labute approximate surface area is 111 Å². The number of nitrogens with zero attached hydrogens (tertiary/aromatic N) is 2. The molecule has 10 heteroatoms. The molecule has 2 N–H and O–H groups in total. The second-order valence-electron chi connectivity index (χ2n) is 3.71. The van der Waals surface area contributed by atoms with Crippen molar-refractivity contribution in [2.45, 2.75) is 5.92 Å². The van der Waals surface area contributed by atoms with Crippen LogP contribution in [0.2, 0.25) is 0 Å². The Bertz CT molecular complexity index is 524. The van der Waals surface area contributed by atoms with Gasteiger partial charge in [0.15, 0.2) is 0 Å². The summed E-state index contributed by atoms with van der Waals surface area (Å²) in [5, 5.41) is 21.3. The number of alkyl halides is 2. The molecule has 1 aromatic heterocycles. The number of pyridine rings is 1. The quantitative estimate of drug-likeness (QED) is 0.453. The third kappa shape index (κ3) is 3.82. The Morgan fingerprint density at radius 3 is 2.80 bits per heavy atom. The van der Waals surface area contributed by atoms with Gasteiger partial charge in [0.25, 0.3) is 5.92 Å². The van der Waals surface area contributed by atoms with Crippen LogP contribution < -0.4 is 5.32 Å². The van der Waals surface area contributed by atoms with Crippen LogP contribution in [0, 0.1) is 10.1 Å². The molecule has 0 saturated heterocycles. The molecule has 0 spiro atoms. The van der Waals surface area contributed by atoms with Crippen LogP contribution in [0.25, 0.3) is 0 Å². The number of hydrogen-bond donors (Lipinski definition) is 2. The first-order chi connectivity index (χ1) is 9.30. The van der Waals surface area contributed by atoms with Gasteiger partial charge in [0.2, 0.25) is 5.82 Å². The van der Waals surface area contributed by atoms with Crippen LogP contribution in [0.15, 0.2) is 12.3 Å². The summed E-state index contributed by atoms with van der Waals surface area (Å²) in [7, 11) is 1.09. The number of aliphatic hydroxyl groups is 1. The number of carbonyl (C=O) groups excluding carboxylic acids is 1. The number of methoxy groups -OCH3 is 1. The van der Waals surface area contributed by atoms with Crippen LogP contribution in [0.5, 0.6) is 0 Å². The molecule has 0 radical (unpaired) electrons. The number of nitrogens with one attached hydrogen (secondary N) is 1. The van der Waals surface area contributed by atoms with E-state index in [9.17, 15) is 23.7 Å². The molecule has 0 unspecified atom stereocenters. The number of aromatic nitrogens is 1. The largest absolute Gasteiger partial charge is 0.465 e. The van der Waals surface area contributed by atoms with Crippen LogP contribution in [-0.4, -0.2) is 47.2 Å². The minimum Gasteiger partial charge on any atom is -0.465 e. The highest BCUT2D eigenvalue weighted by Crippen LogP contribution is 2.24. The summed E-state index contributed by atoms with van der Waals surface area (Å²) in [5.41, 5.74) is -0.833. The highest BCUT2D eigenvalue weighted by Gasteiger charge is 2.29. The number of esters is 1. The van der Waals surface area contributed by atoms with E-state index in [0.717, 1.165) is 19.4 Å². The van der Waals surface area contributed by atoms with Crippen LogP contribution in [0.3, 0.4) is 0 Å². The van der Waals surface area contributed by atoms with E-state index in [2.05, 4.69) is 15.0 Å². The van der Waals surface area contributed by atoms with Crippen molar-refractivity contribution in [3.05, 3.63) is 27.9 Å². The molecular weight excluding hydrogens is 280 g/mol. The molecule has 8 nitrogen and oxygen atoms in total. The van der Waals surface area contributed by atoms with E-state index in [4.69, 9.17) is 5.11 Å². The molecule has 0 aliphatic carbocycles.